The molecule has 0 heterocycles. The summed E-state index contributed by atoms with van der Waals surface area (Å²) in [4.78, 5) is 24.7. The zero-order chi connectivity index (χ0) is 14.4. The highest BCUT2D eigenvalue weighted by Gasteiger charge is 2.17. The molecule has 6 heteroatoms. The Morgan fingerprint density at radius 1 is 1.20 bits per heavy atom. The molecule has 5 nitrogen and oxygen atoms in total. The van der Waals surface area contributed by atoms with Crippen LogP contribution in [0.2, 0.25) is 0 Å². The second kappa shape index (κ2) is 8.43. The second-order valence-electron chi connectivity index (χ2n) is 5.05. The molecule has 0 saturated heterocycles. The molecule has 0 unspecified atom stereocenters. The first-order chi connectivity index (χ1) is 8.88. The third-order valence-electron chi connectivity index (χ3n) is 2.62. The molecule has 0 atom stereocenters. The number of benzene rings is 1. The van der Waals surface area contributed by atoms with Gasteiger partial charge in [0, 0.05) is 12.2 Å². The SMILES string of the molecule is CC(C)CN(CC(N)=O)C(=O)Cc1ccc(N)cc1.Cl. The molecule has 0 radical (unpaired) electrons. The van der Waals surface area contributed by atoms with Gasteiger partial charge >= 0.3 is 0 Å². The fourth-order valence-corrected chi connectivity index (χ4v) is 1.81. The van der Waals surface area contributed by atoms with Crippen molar-refractivity contribution >= 4 is 29.9 Å². The van der Waals surface area contributed by atoms with Gasteiger partial charge in [-0.05, 0) is 23.6 Å². The zero-order valence-electron chi connectivity index (χ0n) is 11.8. The van der Waals surface area contributed by atoms with Crippen molar-refractivity contribution in [2.75, 3.05) is 18.8 Å². The summed E-state index contributed by atoms with van der Waals surface area (Å²) in [5.41, 5.74) is 12.3. The normalized spacial score (nSPS) is 9.95. The number of rotatable bonds is 6. The summed E-state index contributed by atoms with van der Waals surface area (Å²) in [5.74, 6) is -0.307. The van der Waals surface area contributed by atoms with Gasteiger partial charge in [-0.25, -0.2) is 0 Å². The minimum atomic E-state index is -0.494. The fourth-order valence-electron chi connectivity index (χ4n) is 1.81. The van der Waals surface area contributed by atoms with Crippen LogP contribution >= 0.6 is 12.4 Å². The lowest BCUT2D eigenvalue weighted by atomic mass is 10.1. The lowest BCUT2D eigenvalue weighted by molar-refractivity contribution is -0.135. The molecule has 0 aliphatic rings. The molecule has 20 heavy (non-hydrogen) atoms. The van der Waals surface area contributed by atoms with Crippen molar-refractivity contribution in [3.8, 4) is 0 Å². The van der Waals surface area contributed by atoms with Gasteiger partial charge in [-0.2, -0.15) is 0 Å². The first kappa shape index (κ1) is 18.2. The smallest absolute Gasteiger partial charge is 0.237 e. The molecule has 0 saturated carbocycles. The van der Waals surface area contributed by atoms with Crippen LogP contribution in [-0.4, -0.2) is 29.8 Å². The number of halogens is 1. The molecule has 0 fully saturated rings. The molecule has 2 amide bonds. The predicted octanol–water partition coefficient (Wildman–Crippen LogP) is 1.20. The Labute approximate surface area is 125 Å². The summed E-state index contributed by atoms with van der Waals surface area (Å²) in [7, 11) is 0. The Balaban J connectivity index is 0.00000361. The van der Waals surface area contributed by atoms with E-state index >= 15 is 0 Å². The van der Waals surface area contributed by atoms with Crippen LogP contribution in [0.3, 0.4) is 0 Å². The first-order valence-corrected chi connectivity index (χ1v) is 6.29. The van der Waals surface area contributed by atoms with Gasteiger partial charge in [0.15, 0.2) is 0 Å². The largest absolute Gasteiger partial charge is 0.399 e. The summed E-state index contributed by atoms with van der Waals surface area (Å²) in [5, 5.41) is 0. The van der Waals surface area contributed by atoms with Gasteiger partial charge in [0.25, 0.3) is 0 Å². The summed E-state index contributed by atoms with van der Waals surface area (Å²) >= 11 is 0. The number of carbonyl (C=O) groups excluding carboxylic acids is 2. The molecule has 0 bridgehead atoms. The van der Waals surface area contributed by atoms with Crippen LogP contribution in [0.5, 0.6) is 0 Å². The lowest BCUT2D eigenvalue weighted by Gasteiger charge is -2.23. The van der Waals surface area contributed by atoms with E-state index in [1.54, 1.807) is 12.1 Å². The lowest BCUT2D eigenvalue weighted by Crippen LogP contribution is -2.41. The molecule has 1 rings (SSSR count). The van der Waals surface area contributed by atoms with E-state index in [9.17, 15) is 9.59 Å². The first-order valence-electron chi connectivity index (χ1n) is 6.29. The maximum atomic E-state index is 12.2. The Bertz CT molecular complexity index is 446. The highest BCUT2D eigenvalue weighted by Crippen LogP contribution is 2.08. The number of anilines is 1. The van der Waals surface area contributed by atoms with Crippen LogP contribution in [0.1, 0.15) is 19.4 Å². The van der Waals surface area contributed by atoms with E-state index in [0.29, 0.717) is 12.2 Å². The van der Waals surface area contributed by atoms with Crippen molar-refractivity contribution in [2.24, 2.45) is 11.7 Å². The van der Waals surface area contributed by atoms with Gasteiger partial charge in [-0.1, -0.05) is 26.0 Å². The average Bonchev–Trinajstić information content (AvgIpc) is 2.30. The third-order valence-corrected chi connectivity index (χ3v) is 2.62. The van der Waals surface area contributed by atoms with E-state index < -0.39 is 5.91 Å². The summed E-state index contributed by atoms with van der Waals surface area (Å²) in [6.07, 6.45) is 0.250. The number of nitrogens with zero attached hydrogens (tertiary/aromatic N) is 1. The van der Waals surface area contributed by atoms with E-state index in [0.717, 1.165) is 5.56 Å². The van der Waals surface area contributed by atoms with Crippen LogP contribution in [0, 0.1) is 5.92 Å². The topological polar surface area (TPSA) is 89.4 Å². The monoisotopic (exact) mass is 299 g/mol. The number of hydrogen-bond acceptors (Lipinski definition) is 3. The molecule has 1 aromatic rings. The average molecular weight is 300 g/mol. The Hall–Kier alpha value is -1.75. The van der Waals surface area contributed by atoms with Crippen LogP contribution in [0.4, 0.5) is 5.69 Å². The quantitative estimate of drug-likeness (QED) is 0.774. The molecule has 0 aromatic heterocycles. The van der Waals surface area contributed by atoms with Crippen LogP contribution < -0.4 is 11.5 Å². The molecule has 1 aromatic carbocycles. The van der Waals surface area contributed by atoms with Gasteiger partial charge in [0.2, 0.25) is 11.8 Å². The number of hydrogen-bond donors (Lipinski definition) is 2. The van der Waals surface area contributed by atoms with Crippen LogP contribution in [-0.2, 0) is 16.0 Å². The van der Waals surface area contributed by atoms with Crippen molar-refractivity contribution in [1.82, 2.24) is 4.90 Å². The second-order valence-corrected chi connectivity index (χ2v) is 5.05. The van der Waals surface area contributed by atoms with E-state index in [1.807, 2.05) is 26.0 Å². The standard InChI is InChI=1S/C14H21N3O2.ClH/c1-10(2)8-17(9-13(16)18)14(19)7-11-3-5-12(15)6-4-11;/h3-6,10H,7-9,15H2,1-2H3,(H2,16,18);1H. The van der Waals surface area contributed by atoms with Crippen molar-refractivity contribution in [3.05, 3.63) is 29.8 Å². The molecular formula is C14H22ClN3O2. The summed E-state index contributed by atoms with van der Waals surface area (Å²) in [6.45, 7) is 4.47. The van der Waals surface area contributed by atoms with Crippen LogP contribution in [0.15, 0.2) is 24.3 Å². The molecule has 0 aliphatic carbocycles. The van der Waals surface area contributed by atoms with E-state index in [-0.39, 0.29) is 37.2 Å². The molecule has 4 N–H and O–H groups in total. The van der Waals surface area contributed by atoms with E-state index in [4.69, 9.17) is 11.5 Å². The number of nitrogen functional groups attached to an aromatic ring is 1. The Kier molecular flexibility index (Phi) is 7.69. The van der Waals surface area contributed by atoms with Crippen molar-refractivity contribution < 1.29 is 9.59 Å². The van der Waals surface area contributed by atoms with Gasteiger partial charge in [-0.3, -0.25) is 9.59 Å². The highest BCUT2D eigenvalue weighted by molar-refractivity contribution is 5.85. The van der Waals surface area contributed by atoms with Crippen molar-refractivity contribution in [2.45, 2.75) is 20.3 Å². The zero-order valence-corrected chi connectivity index (χ0v) is 12.7. The third kappa shape index (κ3) is 6.43. The maximum absolute atomic E-state index is 12.2. The number of primary amides is 1. The maximum Gasteiger partial charge on any atom is 0.237 e. The summed E-state index contributed by atoms with van der Waals surface area (Å²) < 4.78 is 0. The van der Waals surface area contributed by atoms with Gasteiger partial charge in [-0.15, -0.1) is 12.4 Å². The van der Waals surface area contributed by atoms with Gasteiger partial charge in [0.1, 0.15) is 0 Å². The molecular weight excluding hydrogens is 278 g/mol. The van der Waals surface area contributed by atoms with Crippen molar-refractivity contribution in [3.63, 3.8) is 0 Å². The molecule has 0 spiro atoms. The Morgan fingerprint density at radius 2 is 1.75 bits per heavy atom. The minimum Gasteiger partial charge on any atom is -0.399 e. The highest BCUT2D eigenvalue weighted by atomic mass is 35.5. The predicted molar refractivity (Wildman–Crippen MR) is 82.4 cm³/mol. The Morgan fingerprint density at radius 3 is 2.20 bits per heavy atom. The van der Waals surface area contributed by atoms with Crippen LogP contribution in [0.25, 0.3) is 0 Å². The van der Waals surface area contributed by atoms with Crippen molar-refractivity contribution in [1.29, 1.82) is 0 Å². The molecule has 112 valence electrons. The number of amides is 2. The fraction of sp³-hybridized carbons (Fsp3) is 0.429. The number of nitrogens with two attached hydrogens (primary N) is 2. The molecule has 0 aliphatic heterocycles. The minimum absolute atomic E-state index is 0. The van der Waals surface area contributed by atoms with Gasteiger partial charge < -0.3 is 16.4 Å². The van der Waals surface area contributed by atoms with E-state index in [1.165, 1.54) is 4.90 Å². The van der Waals surface area contributed by atoms with E-state index in [2.05, 4.69) is 0 Å². The number of carbonyl (C=O) groups is 2. The van der Waals surface area contributed by atoms with Gasteiger partial charge in [0.05, 0.1) is 13.0 Å². The summed E-state index contributed by atoms with van der Waals surface area (Å²) in [6, 6.07) is 7.13.